The molecule has 20 heavy (non-hydrogen) atoms. The van der Waals surface area contributed by atoms with Crippen LogP contribution in [-0.4, -0.2) is 31.5 Å². The van der Waals surface area contributed by atoms with Crippen molar-refractivity contribution in [3.63, 3.8) is 0 Å². The fraction of sp³-hybridized carbons (Fsp3) is 0.333. The van der Waals surface area contributed by atoms with Gasteiger partial charge in [0.2, 0.25) is 5.91 Å². The first-order valence-corrected chi connectivity index (χ1v) is 6.88. The number of hydrogen-bond donors (Lipinski definition) is 2. The minimum absolute atomic E-state index is 0.00418. The van der Waals surface area contributed by atoms with Crippen molar-refractivity contribution in [3.05, 3.63) is 34.8 Å². The molecule has 0 spiro atoms. The second-order valence-electron chi connectivity index (χ2n) is 4.22. The normalized spacial score (nSPS) is 12.1. The zero-order valence-electron chi connectivity index (χ0n) is 10.8. The highest BCUT2D eigenvalue weighted by Crippen LogP contribution is 2.18. The van der Waals surface area contributed by atoms with Crippen LogP contribution in [0.2, 0.25) is 0 Å². The average Bonchev–Trinajstić information content (AvgIpc) is 3.07. The van der Waals surface area contributed by atoms with Gasteiger partial charge in [-0.15, -0.1) is 11.3 Å². The van der Waals surface area contributed by atoms with Crippen LogP contribution in [-0.2, 0) is 11.3 Å². The first kappa shape index (κ1) is 14.2. The monoisotopic (exact) mass is 294 g/mol. The van der Waals surface area contributed by atoms with Gasteiger partial charge in [-0.2, -0.15) is 0 Å². The molecule has 0 bridgehead atoms. The maximum Gasteiger partial charge on any atom is 0.355 e. The smallest absolute Gasteiger partial charge is 0.355 e. The van der Waals surface area contributed by atoms with Crippen molar-refractivity contribution in [1.82, 2.24) is 19.9 Å². The van der Waals surface area contributed by atoms with Gasteiger partial charge in [-0.1, -0.05) is 0 Å². The number of nitrogens with one attached hydrogen (secondary N) is 1. The van der Waals surface area contributed by atoms with Crippen molar-refractivity contribution < 1.29 is 14.7 Å². The molecule has 1 atom stereocenters. The summed E-state index contributed by atoms with van der Waals surface area (Å²) in [5.41, 5.74) is 0.00418. The van der Waals surface area contributed by atoms with Gasteiger partial charge >= 0.3 is 5.97 Å². The molecule has 0 saturated heterocycles. The summed E-state index contributed by atoms with van der Waals surface area (Å²) in [6.45, 7) is 2.33. The third kappa shape index (κ3) is 3.64. The van der Waals surface area contributed by atoms with Crippen LogP contribution in [0.25, 0.3) is 0 Å². The van der Waals surface area contributed by atoms with Crippen LogP contribution in [0.5, 0.6) is 0 Å². The Balaban J connectivity index is 1.85. The van der Waals surface area contributed by atoms with Crippen LogP contribution in [0.15, 0.2) is 24.1 Å². The second kappa shape index (κ2) is 6.29. The molecule has 0 aliphatic rings. The number of aromatic carboxylic acids is 1. The number of carboxylic acid groups (broad SMARTS) is 1. The molecule has 2 rings (SSSR count). The van der Waals surface area contributed by atoms with E-state index < -0.39 is 5.97 Å². The van der Waals surface area contributed by atoms with Crippen LogP contribution < -0.4 is 5.32 Å². The second-order valence-corrected chi connectivity index (χ2v) is 5.11. The van der Waals surface area contributed by atoms with E-state index in [-0.39, 0.29) is 17.6 Å². The van der Waals surface area contributed by atoms with E-state index in [1.165, 1.54) is 16.7 Å². The summed E-state index contributed by atoms with van der Waals surface area (Å²) in [6, 6.07) is -0.302. The Kier molecular flexibility index (Phi) is 4.46. The number of aryl methyl sites for hydroxylation is 1. The number of carbonyl (C=O) groups is 2. The Bertz CT molecular complexity index is 594. The fourth-order valence-electron chi connectivity index (χ4n) is 1.61. The maximum absolute atomic E-state index is 11.8. The molecule has 0 fully saturated rings. The van der Waals surface area contributed by atoms with Gasteiger partial charge in [0.05, 0.1) is 12.4 Å². The van der Waals surface area contributed by atoms with Gasteiger partial charge in [-0.25, -0.2) is 14.8 Å². The van der Waals surface area contributed by atoms with Gasteiger partial charge in [0.1, 0.15) is 5.01 Å². The van der Waals surface area contributed by atoms with Gasteiger partial charge in [0.25, 0.3) is 0 Å². The minimum atomic E-state index is -1.06. The predicted molar refractivity (Wildman–Crippen MR) is 72.5 cm³/mol. The van der Waals surface area contributed by atoms with Crippen LogP contribution >= 0.6 is 11.3 Å². The lowest BCUT2D eigenvalue weighted by Gasteiger charge is -2.11. The molecular weight excluding hydrogens is 280 g/mol. The summed E-state index contributed by atoms with van der Waals surface area (Å²) in [5.74, 6) is -1.18. The van der Waals surface area contributed by atoms with Crippen LogP contribution in [0, 0.1) is 0 Å². The molecule has 1 unspecified atom stereocenters. The van der Waals surface area contributed by atoms with E-state index >= 15 is 0 Å². The molecule has 2 heterocycles. The highest BCUT2D eigenvalue weighted by atomic mass is 32.1. The summed E-state index contributed by atoms with van der Waals surface area (Å²) in [6.07, 6.45) is 5.43. The third-order valence-electron chi connectivity index (χ3n) is 2.65. The summed E-state index contributed by atoms with van der Waals surface area (Å²) >= 11 is 1.22. The fourth-order valence-corrected chi connectivity index (χ4v) is 2.41. The molecule has 2 aromatic rings. The van der Waals surface area contributed by atoms with Gasteiger partial charge < -0.3 is 15.0 Å². The molecule has 1 amide bonds. The molecule has 2 aromatic heterocycles. The number of amides is 1. The van der Waals surface area contributed by atoms with Crippen molar-refractivity contribution in [2.45, 2.75) is 25.9 Å². The summed E-state index contributed by atoms with van der Waals surface area (Å²) < 4.78 is 1.82. The number of carboxylic acids is 1. The van der Waals surface area contributed by atoms with Gasteiger partial charge in [0.15, 0.2) is 5.69 Å². The molecular formula is C12H14N4O3S. The summed E-state index contributed by atoms with van der Waals surface area (Å²) in [7, 11) is 0. The summed E-state index contributed by atoms with van der Waals surface area (Å²) in [4.78, 5) is 30.4. The van der Waals surface area contributed by atoms with Crippen molar-refractivity contribution in [2.75, 3.05) is 0 Å². The molecule has 0 aliphatic heterocycles. The highest BCUT2D eigenvalue weighted by molar-refractivity contribution is 7.09. The Labute approximate surface area is 119 Å². The largest absolute Gasteiger partial charge is 0.476 e. The topological polar surface area (TPSA) is 97.1 Å². The molecule has 7 nitrogen and oxygen atoms in total. The van der Waals surface area contributed by atoms with Crippen molar-refractivity contribution in [3.8, 4) is 0 Å². The van der Waals surface area contributed by atoms with E-state index in [1.54, 1.807) is 25.6 Å². The quantitative estimate of drug-likeness (QED) is 0.837. The highest BCUT2D eigenvalue weighted by Gasteiger charge is 2.15. The van der Waals surface area contributed by atoms with E-state index in [2.05, 4.69) is 15.3 Å². The maximum atomic E-state index is 11.8. The van der Waals surface area contributed by atoms with Gasteiger partial charge in [0, 0.05) is 30.7 Å². The molecule has 8 heteroatoms. The number of carbonyl (C=O) groups excluding carboxylic acids is 1. The lowest BCUT2D eigenvalue weighted by Crippen LogP contribution is -2.27. The standard InChI is InChI=1S/C12H14N4O3S/c1-8(11-15-9(6-20-11)12(18)19)14-10(17)2-4-16-5-3-13-7-16/h3,5-8H,2,4H2,1H3,(H,14,17)(H,18,19). The van der Waals surface area contributed by atoms with Gasteiger partial charge in [-0.05, 0) is 6.92 Å². The molecule has 0 aromatic carbocycles. The number of imidazole rings is 1. The van der Waals surface area contributed by atoms with Crippen molar-refractivity contribution >= 4 is 23.2 Å². The number of nitrogens with zero attached hydrogens (tertiary/aromatic N) is 3. The van der Waals surface area contributed by atoms with Crippen LogP contribution in [0.3, 0.4) is 0 Å². The van der Waals surface area contributed by atoms with Crippen molar-refractivity contribution in [1.29, 1.82) is 0 Å². The Morgan fingerprint density at radius 2 is 2.35 bits per heavy atom. The van der Waals surface area contributed by atoms with Crippen LogP contribution in [0.4, 0.5) is 0 Å². The molecule has 0 aliphatic carbocycles. The number of aromatic nitrogens is 3. The van der Waals surface area contributed by atoms with E-state index in [0.29, 0.717) is 18.0 Å². The number of thiazole rings is 1. The third-order valence-corrected chi connectivity index (χ3v) is 3.67. The Morgan fingerprint density at radius 3 is 2.95 bits per heavy atom. The Hall–Kier alpha value is -2.22. The Morgan fingerprint density at radius 1 is 1.55 bits per heavy atom. The van der Waals surface area contributed by atoms with Gasteiger partial charge in [-0.3, -0.25) is 4.79 Å². The SMILES string of the molecule is CC(NC(=O)CCn1ccnc1)c1nc(C(=O)O)cs1. The molecule has 0 saturated carbocycles. The first-order valence-electron chi connectivity index (χ1n) is 6.00. The van der Waals surface area contributed by atoms with Crippen molar-refractivity contribution in [2.24, 2.45) is 0 Å². The van der Waals surface area contributed by atoms with E-state index in [1.807, 2.05) is 4.57 Å². The average molecular weight is 294 g/mol. The molecule has 106 valence electrons. The van der Waals surface area contributed by atoms with E-state index in [9.17, 15) is 9.59 Å². The first-order chi connectivity index (χ1) is 9.56. The summed E-state index contributed by atoms with van der Waals surface area (Å²) in [5, 5.41) is 13.6. The molecule has 0 radical (unpaired) electrons. The number of hydrogen-bond acceptors (Lipinski definition) is 5. The molecule has 2 N–H and O–H groups in total. The predicted octanol–water partition coefficient (Wildman–Crippen LogP) is 1.31. The van der Waals surface area contributed by atoms with Crippen LogP contribution in [0.1, 0.15) is 34.9 Å². The lowest BCUT2D eigenvalue weighted by molar-refractivity contribution is -0.121. The minimum Gasteiger partial charge on any atom is -0.476 e. The van der Waals surface area contributed by atoms with E-state index in [4.69, 9.17) is 5.11 Å². The zero-order valence-corrected chi connectivity index (χ0v) is 11.6. The zero-order chi connectivity index (χ0) is 14.5. The van der Waals surface area contributed by atoms with E-state index in [0.717, 1.165) is 0 Å². The lowest BCUT2D eigenvalue weighted by atomic mass is 10.3. The number of rotatable bonds is 6.